The van der Waals surface area contributed by atoms with Gasteiger partial charge in [0.15, 0.2) is 6.61 Å². The predicted octanol–water partition coefficient (Wildman–Crippen LogP) is 2.53. The summed E-state index contributed by atoms with van der Waals surface area (Å²) in [6.45, 7) is 5.76. The van der Waals surface area contributed by atoms with Crippen molar-refractivity contribution in [1.29, 1.82) is 0 Å². The Morgan fingerprint density at radius 1 is 1.50 bits per heavy atom. The molecule has 0 aliphatic carbocycles. The number of hydrogen-bond donors (Lipinski definition) is 2. The Balaban J connectivity index is 0.00000220. The van der Waals surface area contributed by atoms with Crippen LogP contribution in [-0.2, 0) is 16.1 Å². The fourth-order valence-electron chi connectivity index (χ4n) is 1.73. The maximum absolute atomic E-state index is 11.5. The first-order chi connectivity index (χ1) is 9.33. The largest absolute Gasteiger partial charge is 0.482 e. The normalized spacial score (nSPS) is 13.8. The van der Waals surface area contributed by atoms with Crippen LogP contribution in [0.2, 0.25) is 0 Å². The zero-order valence-corrected chi connectivity index (χ0v) is 11.8. The van der Waals surface area contributed by atoms with Crippen LogP contribution < -0.4 is 15.4 Å². The first kappa shape index (κ1) is 14.2. The average molecular weight is 282 g/mol. The Morgan fingerprint density at radius 3 is 2.95 bits per heavy atom. The quantitative estimate of drug-likeness (QED) is 0.874. The number of nitrogens with one attached hydrogen (secondary N) is 2. The highest BCUT2D eigenvalue weighted by Gasteiger charge is 2.17. The minimum absolute atomic E-state index is 0. The van der Waals surface area contributed by atoms with Crippen LogP contribution in [0.15, 0.2) is 18.2 Å². The summed E-state index contributed by atoms with van der Waals surface area (Å²) in [6.07, 6.45) is -0.476. The van der Waals surface area contributed by atoms with Gasteiger partial charge in [0.25, 0.3) is 5.91 Å². The van der Waals surface area contributed by atoms with E-state index in [1.807, 2.05) is 6.07 Å². The Labute approximate surface area is 120 Å². The molecule has 20 heavy (non-hydrogen) atoms. The summed E-state index contributed by atoms with van der Waals surface area (Å²) in [5.74, 6) is 0.445. The first-order valence-corrected chi connectivity index (χ1v) is 6.36. The van der Waals surface area contributed by atoms with E-state index in [1.165, 1.54) is 0 Å². The van der Waals surface area contributed by atoms with Crippen molar-refractivity contribution in [3.63, 3.8) is 0 Å². The van der Waals surface area contributed by atoms with E-state index in [9.17, 15) is 9.59 Å². The molecule has 2 rings (SSSR count). The molecule has 6 nitrogen and oxygen atoms in total. The molecular formula is C14H22N2O4. The van der Waals surface area contributed by atoms with Crippen LogP contribution >= 0.6 is 0 Å². The van der Waals surface area contributed by atoms with E-state index in [4.69, 9.17) is 9.47 Å². The van der Waals surface area contributed by atoms with E-state index in [2.05, 4.69) is 10.6 Å². The molecule has 0 radical (unpaired) electrons. The lowest BCUT2D eigenvalue weighted by Gasteiger charge is -2.20. The summed E-state index contributed by atoms with van der Waals surface area (Å²) in [4.78, 5) is 22.8. The molecule has 2 amide bonds. The fourth-order valence-corrected chi connectivity index (χ4v) is 1.73. The molecule has 1 aromatic rings. The summed E-state index contributed by atoms with van der Waals surface area (Å²) in [5.41, 5.74) is 0.937. The number of anilines is 1. The Bertz CT molecular complexity index is 544. The van der Waals surface area contributed by atoms with E-state index in [0.717, 1.165) is 5.56 Å². The summed E-state index contributed by atoms with van der Waals surface area (Å²) in [5, 5.41) is 5.38. The second-order valence-electron chi connectivity index (χ2n) is 5.52. The molecule has 1 aromatic carbocycles. The predicted molar refractivity (Wildman–Crippen MR) is 77.9 cm³/mol. The van der Waals surface area contributed by atoms with E-state index >= 15 is 0 Å². The van der Waals surface area contributed by atoms with Crippen LogP contribution in [0.4, 0.5) is 10.5 Å². The highest BCUT2D eigenvalue weighted by Crippen LogP contribution is 2.28. The SMILES string of the molecule is CC(C)(C)OC(=O)NCc1ccc2c(c1)NC(=O)CO2.[HH].[HH]. The number of amides is 2. The lowest BCUT2D eigenvalue weighted by molar-refractivity contribution is -0.118. The maximum atomic E-state index is 11.5. The van der Waals surface area contributed by atoms with Gasteiger partial charge in [0, 0.05) is 9.40 Å². The average Bonchev–Trinajstić information content (AvgIpc) is 2.33. The van der Waals surface area contributed by atoms with E-state index in [0.29, 0.717) is 18.0 Å². The Kier molecular flexibility index (Phi) is 3.83. The van der Waals surface area contributed by atoms with Gasteiger partial charge in [-0.25, -0.2) is 4.79 Å². The maximum Gasteiger partial charge on any atom is 0.407 e. The van der Waals surface area contributed by atoms with Crippen molar-refractivity contribution in [2.24, 2.45) is 0 Å². The summed E-state index contributed by atoms with van der Waals surface area (Å²) in [7, 11) is 0. The third-order valence-corrected chi connectivity index (χ3v) is 2.51. The standard InChI is InChI=1S/C14H18N2O4.2H2/c1-14(2,3)20-13(18)15-7-9-4-5-11-10(6-9)16-12(17)8-19-11;;/h4-6H,7-8H2,1-3H3,(H,15,18)(H,16,17);2*1H. The smallest absolute Gasteiger partial charge is 0.407 e. The molecule has 6 heteroatoms. The number of benzene rings is 1. The van der Waals surface area contributed by atoms with Crippen molar-refractivity contribution in [2.45, 2.75) is 32.9 Å². The van der Waals surface area contributed by atoms with Crippen LogP contribution in [0.3, 0.4) is 0 Å². The van der Waals surface area contributed by atoms with Gasteiger partial charge in [-0.05, 0) is 38.5 Å². The minimum atomic E-state index is -0.526. The van der Waals surface area contributed by atoms with Crippen LogP contribution in [0.25, 0.3) is 0 Å². The zero-order chi connectivity index (χ0) is 14.8. The number of ether oxygens (including phenoxy) is 2. The molecule has 0 saturated carbocycles. The Morgan fingerprint density at radius 2 is 2.25 bits per heavy atom. The third kappa shape index (κ3) is 3.88. The molecular weight excluding hydrogens is 260 g/mol. The van der Waals surface area contributed by atoms with Crippen molar-refractivity contribution < 1.29 is 21.9 Å². The van der Waals surface area contributed by atoms with Crippen LogP contribution in [0, 0.1) is 0 Å². The highest BCUT2D eigenvalue weighted by molar-refractivity contribution is 5.95. The number of fused-ring (bicyclic) bond motifs is 1. The van der Waals surface area contributed by atoms with Crippen LogP contribution in [0.1, 0.15) is 29.2 Å². The number of hydrogen-bond acceptors (Lipinski definition) is 4. The molecule has 0 bridgehead atoms. The molecule has 112 valence electrons. The van der Waals surface area contributed by atoms with Crippen LogP contribution in [-0.4, -0.2) is 24.2 Å². The summed E-state index contributed by atoms with van der Waals surface area (Å²) in [6, 6.07) is 5.36. The van der Waals surface area contributed by atoms with Gasteiger partial charge < -0.3 is 20.1 Å². The molecule has 1 aliphatic rings. The monoisotopic (exact) mass is 282 g/mol. The van der Waals surface area contributed by atoms with Gasteiger partial charge in [-0.1, -0.05) is 6.07 Å². The fraction of sp³-hybridized carbons (Fsp3) is 0.429. The highest BCUT2D eigenvalue weighted by atomic mass is 16.6. The molecule has 2 N–H and O–H groups in total. The van der Waals surface area contributed by atoms with E-state index < -0.39 is 11.7 Å². The van der Waals surface area contributed by atoms with Gasteiger partial charge in [0.05, 0.1) is 5.69 Å². The van der Waals surface area contributed by atoms with Gasteiger partial charge in [-0.3, -0.25) is 4.79 Å². The van der Waals surface area contributed by atoms with Crippen molar-refractivity contribution in [3.8, 4) is 5.75 Å². The number of carbonyl (C=O) groups excluding carboxylic acids is 2. The molecule has 0 aromatic heterocycles. The van der Waals surface area contributed by atoms with Gasteiger partial charge in [0.1, 0.15) is 11.4 Å². The molecule has 0 fully saturated rings. The zero-order valence-electron chi connectivity index (χ0n) is 11.8. The molecule has 0 atom stereocenters. The van der Waals surface area contributed by atoms with E-state index in [-0.39, 0.29) is 15.4 Å². The summed E-state index contributed by atoms with van der Waals surface area (Å²) < 4.78 is 10.4. The van der Waals surface area contributed by atoms with Crippen LogP contribution in [0.5, 0.6) is 5.75 Å². The van der Waals surface area contributed by atoms with Crippen molar-refractivity contribution in [1.82, 2.24) is 5.32 Å². The van der Waals surface area contributed by atoms with Crippen molar-refractivity contribution in [2.75, 3.05) is 11.9 Å². The number of alkyl carbamates (subject to hydrolysis) is 1. The van der Waals surface area contributed by atoms with Gasteiger partial charge >= 0.3 is 6.09 Å². The minimum Gasteiger partial charge on any atom is -0.482 e. The molecule has 1 heterocycles. The lowest BCUT2D eigenvalue weighted by Crippen LogP contribution is -2.32. The number of rotatable bonds is 2. The lowest BCUT2D eigenvalue weighted by atomic mass is 10.1. The topological polar surface area (TPSA) is 76.7 Å². The number of carbonyl (C=O) groups is 2. The molecule has 0 saturated heterocycles. The summed E-state index contributed by atoms with van der Waals surface area (Å²) >= 11 is 0. The second kappa shape index (κ2) is 5.40. The van der Waals surface area contributed by atoms with Gasteiger partial charge in [-0.15, -0.1) is 0 Å². The third-order valence-electron chi connectivity index (χ3n) is 2.51. The van der Waals surface area contributed by atoms with Crippen molar-refractivity contribution in [3.05, 3.63) is 23.8 Å². The second-order valence-corrected chi connectivity index (χ2v) is 5.52. The van der Waals surface area contributed by atoms with Gasteiger partial charge in [-0.2, -0.15) is 0 Å². The first-order valence-electron chi connectivity index (χ1n) is 6.36. The van der Waals surface area contributed by atoms with E-state index in [1.54, 1.807) is 32.9 Å². The molecule has 0 unspecified atom stereocenters. The van der Waals surface area contributed by atoms with Crippen molar-refractivity contribution >= 4 is 17.7 Å². The molecule has 1 aliphatic heterocycles. The molecule has 0 spiro atoms. The van der Waals surface area contributed by atoms with Gasteiger partial charge in [0.2, 0.25) is 0 Å². The Hall–Kier alpha value is -2.24.